The topological polar surface area (TPSA) is 59.8 Å². The van der Waals surface area contributed by atoms with Gasteiger partial charge in [0.05, 0.1) is 5.25 Å². The number of benzene rings is 2. The minimum Gasteiger partial charge on any atom is -0.325 e. The molecule has 1 heterocycles. The molecule has 1 N–H and O–H groups in total. The Balaban J connectivity index is 1.74. The van der Waals surface area contributed by atoms with Crippen molar-refractivity contribution in [2.24, 2.45) is 7.05 Å². The molecule has 31 heavy (non-hydrogen) atoms. The molecule has 0 saturated heterocycles. The number of amides is 1. The van der Waals surface area contributed by atoms with Gasteiger partial charge in [-0.3, -0.25) is 4.79 Å². The minimum absolute atomic E-state index is 0.0425. The summed E-state index contributed by atoms with van der Waals surface area (Å²) >= 11 is 1.41. The van der Waals surface area contributed by atoms with Crippen molar-refractivity contribution in [1.82, 2.24) is 14.8 Å². The third kappa shape index (κ3) is 5.18. The van der Waals surface area contributed by atoms with Crippen LogP contribution in [0.4, 0.5) is 5.69 Å². The lowest BCUT2D eigenvalue weighted by molar-refractivity contribution is -0.115. The number of thioether (sulfide) groups is 1. The van der Waals surface area contributed by atoms with Crippen LogP contribution in [0.15, 0.2) is 41.6 Å². The molecule has 3 rings (SSSR count). The fourth-order valence-corrected chi connectivity index (χ4v) is 4.42. The van der Waals surface area contributed by atoms with Gasteiger partial charge in [-0.05, 0) is 49.8 Å². The Morgan fingerprint density at radius 2 is 1.61 bits per heavy atom. The number of anilines is 1. The summed E-state index contributed by atoms with van der Waals surface area (Å²) in [6.07, 6.45) is 0. The van der Waals surface area contributed by atoms with Crippen LogP contribution >= 0.6 is 11.8 Å². The second-order valence-corrected chi connectivity index (χ2v) is 10.5. The van der Waals surface area contributed by atoms with E-state index in [0.29, 0.717) is 0 Å². The quantitative estimate of drug-likeness (QED) is 0.512. The Morgan fingerprint density at radius 3 is 2.16 bits per heavy atom. The number of aryl methyl sites for hydroxylation is 3. The maximum Gasteiger partial charge on any atom is 0.237 e. The normalized spacial score (nSPS) is 12.6. The van der Waals surface area contributed by atoms with E-state index in [0.717, 1.165) is 33.4 Å². The van der Waals surface area contributed by atoms with Crippen molar-refractivity contribution < 1.29 is 4.79 Å². The van der Waals surface area contributed by atoms with Crippen molar-refractivity contribution in [3.63, 3.8) is 0 Å². The number of aromatic nitrogens is 3. The van der Waals surface area contributed by atoms with Crippen LogP contribution in [0.3, 0.4) is 0 Å². The number of nitrogens with zero attached hydrogens (tertiary/aromatic N) is 3. The Bertz CT molecular complexity index is 1070. The van der Waals surface area contributed by atoms with Gasteiger partial charge >= 0.3 is 0 Å². The average molecular weight is 437 g/mol. The minimum atomic E-state index is -0.306. The van der Waals surface area contributed by atoms with Crippen molar-refractivity contribution in [1.29, 1.82) is 0 Å². The number of hydrogen-bond donors (Lipinski definition) is 1. The number of carbonyl (C=O) groups excluding carboxylic acids is 1. The third-order valence-electron chi connectivity index (χ3n) is 5.42. The highest BCUT2D eigenvalue weighted by Gasteiger charge is 2.21. The highest BCUT2D eigenvalue weighted by molar-refractivity contribution is 8.00. The van der Waals surface area contributed by atoms with Crippen molar-refractivity contribution >= 4 is 23.4 Å². The molecule has 0 saturated carbocycles. The predicted molar refractivity (Wildman–Crippen MR) is 130 cm³/mol. The molecule has 0 radical (unpaired) electrons. The Labute approximate surface area is 189 Å². The summed E-state index contributed by atoms with van der Waals surface area (Å²) in [5.41, 5.74) is 6.62. The van der Waals surface area contributed by atoms with E-state index in [2.05, 4.69) is 79.6 Å². The fraction of sp³-hybridized carbons (Fsp3) is 0.400. The van der Waals surface area contributed by atoms with Crippen molar-refractivity contribution in [2.45, 2.75) is 64.3 Å². The van der Waals surface area contributed by atoms with Gasteiger partial charge < -0.3 is 9.88 Å². The van der Waals surface area contributed by atoms with Crippen LogP contribution in [-0.4, -0.2) is 25.9 Å². The summed E-state index contributed by atoms with van der Waals surface area (Å²) in [6.45, 7) is 14.6. The number of hydrogen-bond acceptors (Lipinski definition) is 4. The zero-order chi connectivity index (χ0) is 22.9. The summed E-state index contributed by atoms with van der Waals surface area (Å²) in [7, 11) is 1.94. The van der Waals surface area contributed by atoms with Gasteiger partial charge in [0.15, 0.2) is 11.0 Å². The van der Waals surface area contributed by atoms with E-state index in [1.165, 1.54) is 22.9 Å². The smallest absolute Gasteiger partial charge is 0.237 e. The lowest BCUT2D eigenvalue weighted by Gasteiger charge is -2.19. The van der Waals surface area contributed by atoms with Gasteiger partial charge in [-0.2, -0.15) is 0 Å². The lowest BCUT2D eigenvalue weighted by atomic mass is 9.87. The highest BCUT2D eigenvalue weighted by atomic mass is 32.2. The average Bonchev–Trinajstić information content (AvgIpc) is 3.04. The monoisotopic (exact) mass is 436 g/mol. The first kappa shape index (κ1) is 23.1. The van der Waals surface area contributed by atoms with E-state index < -0.39 is 0 Å². The van der Waals surface area contributed by atoms with Crippen LogP contribution in [0.1, 0.15) is 49.9 Å². The lowest BCUT2D eigenvalue weighted by Crippen LogP contribution is -2.23. The van der Waals surface area contributed by atoms with Crippen LogP contribution in [0, 0.1) is 20.8 Å². The number of carbonyl (C=O) groups is 1. The summed E-state index contributed by atoms with van der Waals surface area (Å²) in [5.74, 6) is 0.750. The second-order valence-electron chi connectivity index (χ2n) is 9.22. The molecular formula is C25H32N4OS. The fourth-order valence-electron chi connectivity index (χ4n) is 3.60. The van der Waals surface area contributed by atoms with E-state index in [4.69, 9.17) is 0 Å². The predicted octanol–water partition coefficient (Wildman–Crippen LogP) is 5.82. The first-order chi connectivity index (χ1) is 14.5. The van der Waals surface area contributed by atoms with E-state index in [-0.39, 0.29) is 16.6 Å². The molecule has 0 aliphatic heterocycles. The molecule has 0 aliphatic rings. The number of rotatable bonds is 5. The first-order valence-electron chi connectivity index (χ1n) is 10.5. The molecule has 0 fully saturated rings. The zero-order valence-electron chi connectivity index (χ0n) is 19.7. The highest BCUT2D eigenvalue weighted by Crippen LogP contribution is 2.29. The standard InChI is InChI=1S/C25H32N4OS/c1-15-13-16(2)21(17(3)14-15)26-23(30)18(4)31-24-28-27-22(29(24)8)19-9-11-20(12-10-19)25(5,6)7/h9-14,18H,1-8H3,(H,26,30)/t18-/m0/s1. The van der Waals surface area contributed by atoms with Gasteiger partial charge in [-0.1, -0.05) is 74.5 Å². The molecular weight excluding hydrogens is 404 g/mol. The molecule has 164 valence electrons. The van der Waals surface area contributed by atoms with Gasteiger partial charge in [0, 0.05) is 18.3 Å². The summed E-state index contributed by atoms with van der Waals surface area (Å²) in [6, 6.07) is 12.6. The maximum atomic E-state index is 12.8. The van der Waals surface area contributed by atoms with Crippen molar-refractivity contribution in [2.75, 3.05) is 5.32 Å². The largest absolute Gasteiger partial charge is 0.325 e. The van der Waals surface area contributed by atoms with Gasteiger partial charge in [-0.25, -0.2) is 0 Å². The van der Waals surface area contributed by atoms with Crippen LogP contribution in [0.5, 0.6) is 0 Å². The molecule has 1 aromatic heterocycles. The summed E-state index contributed by atoms with van der Waals surface area (Å²) in [4.78, 5) is 12.8. The Morgan fingerprint density at radius 1 is 1.03 bits per heavy atom. The van der Waals surface area contributed by atoms with E-state index in [1.807, 2.05) is 32.4 Å². The first-order valence-corrected chi connectivity index (χ1v) is 11.4. The maximum absolute atomic E-state index is 12.8. The van der Waals surface area contributed by atoms with Crippen LogP contribution in [-0.2, 0) is 17.3 Å². The van der Waals surface area contributed by atoms with E-state index in [9.17, 15) is 4.79 Å². The van der Waals surface area contributed by atoms with Gasteiger partial charge in [-0.15, -0.1) is 10.2 Å². The molecule has 0 aliphatic carbocycles. The van der Waals surface area contributed by atoms with Gasteiger partial charge in [0.25, 0.3) is 0 Å². The van der Waals surface area contributed by atoms with Crippen molar-refractivity contribution in [3.8, 4) is 11.4 Å². The summed E-state index contributed by atoms with van der Waals surface area (Å²) < 4.78 is 1.95. The molecule has 0 spiro atoms. The van der Waals surface area contributed by atoms with Crippen molar-refractivity contribution in [3.05, 3.63) is 58.7 Å². The molecule has 1 amide bonds. The molecule has 0 bridgehead atoms. The molecule has 0 unspecified atom stereocenters. The molecule has 1 atom stereocenters. The third-order valence-corrected chi connectivity index (χ3v) is 6.55. The van der Waals surface area contributed by atoms with Crippen LogP contribution in [0.2, 0.25) is 0 Å². The van der Waals surface area contributed by atoms with Gasteiger partial charge in [0.1, 0.15) is 0 Å². The molecule has 5 nitrogen and oxygen atoms in total. The molecule has 3 aromatic rings. The summed E-state index contributed by atoms with van der Waals surface area (Å²) in [5, 5.41) is 12.2. The Kier molecular flexibility index (Phi) is 6.60. The van der Waals surface area contributed by atoms with Gasteiger partial charge in [0.2, 0.25) is 5.91 Å². The van der Waals surface area contributed by atoms with E-state index in [1.54, 1.807) is 0 Å². The molecule has 6 heteroatoms. The zero-order valence-corrected chi connectivity index (χ0v) is 20.5. The van der Waals surface area contributed by atoms with Crippen LogP contribution in [0.25, 0.3) is 11.4 Å². The number of nitrogens with one attached hydrogen (secondary N) is 1. The Hall–Kier alpha value is -2.60. The second kappa shape index (κ2) is 8.87. The molecule has 2 aromatic carbocycles. The van der Waals surface area contributed by atoms with E-state index >= 15 is 0 Å². The SMILES string of the molecule is Cc1cc(C)c(NC(=O)[C@H](C)Sc2nnc(-c3ccc(C(C)(C)C)cc3)n2C)c(C)c1. The van der Waals surface area contributed by atoms with Crippen LogP contribution < -0.4 is 5.32 Å².